The third kappa shape index (κ3) is 5.49. The molecule has 2 aromatic rings. The summed E-state index contributed by atoms with van der Waals surface area (Å²) in [6.07, 6.45) is 12.5. The molecule has 0 atom stereocenters. The summed E-state index contributed by atoms with van der Waals surface area (Å²) in [6, 6.07) is 12.4. The van der Waals surface area contributed by atoms with Gasteiger partial charge < -0.3 is 4.57 Å². The van der Waals surface area contributed by atoms with Crippen LogP contribution in [-0.4, -0.2) is 10.9 Å². The quantitative estimate of drug-likeness (QED) is 0.289. The molecule has 0 aliphatic rings. The highest BCUT2D eigenvalue weighted by molar-refractivity contribution is 5.75. The summed E-state index contributed by atoms with van der Waals surface area (Å²) in [5.41, 5.74) is 4.40. The maximum absolute atomic E-state index is 10.6. The summed E-state index contributed by atoms with van der Waals surface area (Å²) >= 11 is 0. The number of aromatic nitrogens is 1. The molecule has 0 bridgehead atoms. The molecule has 2 heteroatoms. The van der Waals surface area contributed by atoms with Crippen molar-refractivity contribution in [1.29, 1.82) is 0 Å². The Balaban J connectivity index is 2.17. The zero-order chi connectivity index (χ0) is 18.6. The molecule has 0 amide bonds. The van der Waals surface area contributed by atoms with Crippen LogP contribution in [0, 0.1) is 11.8 Å². The number of rotatable bonds is 10. The molecule has 26 heavy (non-hydrogen) atoms. The molecular weight excluding hydrogens is 318 g/mol. The van der Waals surface area contributed by atoms with Crippen LogP contribution in [0.5, 0.6) is 0 Å². The van der Waals surface area contributed by atoms with Gasteiger partial charge in [0, 0.05) is 6.20 Å². The first kappa shape index (κ1) is 19.8. The SMILES string of the molecule is C=Cn1c(C#CC=O)cc(CCCCCCCCC)c1-c1ccccc1. The fourth-order valence-electron chi connectivity index (χ4n) is 3.35. The molecule has 0 N–H and O–H groups in total. The van der Waals surface area contributed by atoms with E-state index < -0.39 is 0 Å². The van der Waals surface area contributed by atoms with Crippen LogP contribution in [-0.2, 0) is 11.2 Å². The van der Waals surface area contributed by atoms with Gasteiger partial charge in [0.15, 0.2) is 6.29 Å². The maximum atomic E-state index is 10.6. The average molecular weight is 348 g/mol. The lowest BCUT2D eigenvalue weighted by atomic mass is 10.0. The average Bonchev–Trinajstić information content (AvgIpc) is 3.03. The van der Waals surface area contributed by atoms with Gasteiger partial charge in [-0.25, -0.2) is 0 Å². The number of hydrogen-bond donors (Lipinski definition) is 0. The van der Waals surface area contributed by atoms with Gasteiger partial charge >= 0.3 is 0 Å². The number of aryl methyl sites for hydroxylation is 1. The van der Waals surface area contributed by atoms with Crippen LogP contribution in [0.3, 0.4) is 0 Å². The van der Waals surface area contributed by atoms with Gasteiger partial charge in [-0.05, 0) is 41.9 Å². The van der Waals surface area contributed by atoms with E-state index in [1.54, 1.807) is 6.20 Å². The van der Waals surface area contributed by atoms with Gasteiger partial charge in [0.25, 0.3) is 0 Å². The fourth-order valence-corrected chi connectivity index (χ4v) is 3.35. The summed E-state index contributed by atoms with van der Waals surface area (Å²) in [5.74, 6) is 5.47. The molecule has 0 saturated carbocycles. The van der Waals surface area contributed by atoms with Crippen LogP contribution in [0.1, 0.15) is 63.1 Å². The minimum Gasteiger partial charge on any atom is -0.310 e. The molecule has 136 valence electrons. The molecule has 1 aromatic heterocycles. The van der Waals surface area contributed by atoms with Gasteiger partial charge in [0.2, 0.25) is 0 Å². The maximum Gasteiger partial charge on any atom is 0.193 e. The zero-order valence-corrected chi connectivity index (χ0v) is 15.8. The molecule has 1 aromatic carbocycles. The number of carbonyl (C=O) groups excluding carboxylic acids is 1. The van der Waals surface area contributed by atoms with Crippen molar-refractivity contribution in [3.05, 3.63) is 54.2 Å². The lowest BCUT2D eigenvalue weighted by molar-refractivity contribution is -0.103. The fraction of sp³-hybridized carbons (Fsp3) is 0.375. The Labute approximate surface area is 157 Å². The minimum absolute atomic E-state index is 0.637. The highest BCUT2D eigenvalue weighted by Crippen LogP contribution is 2.29. The number of unbranched alkanes of at least 4 members (excludes halogenated alkanes) is 6. The van der Waals surface area contributed by atoms with E-state index in [-0.39, 0.29) is 0 Å². The van der Waals surface area contributed by atoms with E-state index in [0.717, 1.165) is 23.4 Å². The first-order chi connectivity index (χ1) is 12.8. The van der Waals surface area contributed by atoms with Crippen LogP contribution in [0.2, 0.25) is 0 Å². The minimum atomic E-state index is 0.637. The Morgan fingerprint density at radius 1 is 1.04 bits per heavy atom. The standard InChI is InChI=1S/C24H29NO/c1-3-5-6-7-8-9-11-17-22-20-23(18-14-19-26)25(4-2)24(22)21-15-12-10-13-16-21/h4,10,12-13,15-16,19-20H,2-3,5-9,11,17H2,1H3. The van der Waals surface area contributed by atoms with Crippen LogP contribution in [0.15, 0.2) is 43.0 Å². The first-order valence-electron chi connectivity index (χ1n) is 9.69. The Morgan fingerprint density at radius 2 is 1.73 bits per heavy atom. The summed E-state index contributed by atoms with van der Waals surface area (Å²) in [5, 5.41) is 0. The predicted molar refractivity (Wildman–Crippen MR) is 111 cm³/mol. The highest BCUT2D eigenvalue weighted by atomic mass is 16.1. The highest BCUT2D eigenvalue weighted by Gasteiger charge is 2.14. The van der Waals surface area contributed by atoms with Crippen molar-refractivity contribution in [1.82, 2.24) is 4.57 Å². The molecule has 0 aliphatic heterocycles. The Bertz CT molecular complexity index is 759. The molecule has 0 unspecified atom stereocenters. The Hall–Kier alpha value is -2.53. The number of carbonyl (C=O) groups is 1. The second-order valence-electron chi connectivity index (χ2n) is 6.58. The molecule has 0 radical (unpaired) electrons. The summed E-state index contributed by atoms with van der Waals surface area (Å²) in [6.45, 7) is 6.19. The van der Waals surface area contributed by atoms with Gasteiger partial charge in [-0.15, -0.1) is 0 Å². The smallest absolute Gasteiger partial charge is 0.193 e. The first-order valence-corrected chi connectivity index (χ1v) is 9.69. The molecule has 0 aliphatic carbocycles. The number of hydrogen-bond acceptors (Lipinski definition) is 1. The van der Waals surface area contributed by atoms with Crippen LogP contribution >= 0.6 is 0 Å². The van der Waals surface area contributed by atoms with Gasteiger partial charge in [-0.1, -0.05) is 82.4 Å². The lowest BCUT2D eigenvalue weighted by Gasteiger charge is -2.09. The van der Waals surface area contributed by atoms with E-state index in [9.17, 15) is 4.79 Å². The number of aldehydes is 1. The molecule has 0 spiro atoms. The van der Waals surface area contributed by atoms with Crippen molar-refractivity contribution in [2.24, 2.45) is 0 Å². The van der Waals surface area contributed by atoms with E-state index in [4.69, 9.17) is 0 Å². The van der Waals surface area contributed by atoms with Gasteiger partial charge in [0.05, 0.1) is 11.4 Å². The lowest BCUT2D eigenvalue weighted by Crippen LogP contribution is -1.95. The van der Waals surface area contributed by atoms with E-state index >= 15 is 0 Å². The van der Waals surface area contributed by atoms with Crippen molar-refractivity contribution >= 4 is 12.5 Å². The molecule has 0 saturated heterocycles. The summed E-state index contributed by atoms with van der Waals surface area (Å²) < 4.78 is 2.00. The van der Waals surface area contributed by atoms with E-state index in [0.29, 0.717) is 6.29 Å². The Morgan fingerprint density at radius 3 is 2.38 bits per heavy atom. The topological polar surface area (TPSA) is 22.0 Å². The van der Waals surface area contributed by atoms with E-state index in [2.05, 4.69) is 43.5 Å². The molecule has 2 rings (SSSR count). The predicted octanol–water partition coefficient (Wildman–Crippen LogP) is 6.10. The normalized spacial score (nSPS) is 10.2. The van der Waals surface area contributed by atoms with Crippen LogP contribution < -0.4 is 0 Å². The number of nitrogens with zero attached hydrogens (tertiary/aromatic N) is 1. The second kappa shape index (κ2) is 11.2. The van der Waals surface area contributed by atoms with Crippen LogP contribution in [0.25, 0.3) is 17.5 Å². The van der Waals surface area contributed by atoms with Crippen molar-refractivity contribution < 1.29 is 4.79 Å². The zero-order valence-electron chi connectivity index (χ0n) is 15.8. The largest absolute Gasteiger partial charge is 0.310 e. The van der Waals surface area contributed by atoms with Crippen LogP contribution in [0.4, 0.5) is 0 Å². The Kier molecular flexibility index (Phi) is 8.49. The second-order valence-corrected chi connectivity index (χ2v) is 6.58. The van der Waals surface area contributed by atoms with Crippen molar-refractivity contribution in [3.8, 4) is 23.1 Å². The summed E-state index contributed by atoms with van der Waals surface area (Å²) in [4.78, 5) is 10.6. The third-order valence-corrected chi connectivity index (χ3v) is 4.65. The van der Waals surface area contributed by atoms with Crippen molar-refractivity contribution in [3.63, 3.8) is 0 Å². The number of benzene rings is 1. The molecule has 0 fully saturated rings. The van der Waals surface area contributed by atoms with Gasteiger partial charge in [-0.3, -0.25) is 4.79 Å². The van der Waals surface area contributed by atoms with Gasteiger partial charge in [0.1, 0.15) is 0 Å². The van der Waals surface area contributed by atoms with E-state index in [1.807, 2.05) is 22.8 Å². The molecular formula is C24H29NO. The third-order valence-electron chi connectivity index (χ3n) is 4.65. The van der Waals surface area contributed by atoms with Gasteiger partial charge in [-0.2, -0.15) is 0 Å². The van der Waals surface area contributed by atoms with Crippen molar-refractivity contribution in [2.45, 2.75) is 58.3 Å². The molecule has 1 heterocycles. The monoisotopic (exact) mass is 347 g/mol. The molecule has 2 nitrogen and oxygen atoms in total. The van der Waals surface area contributed by atoms with E-state index in [1.165, 1.54) is 50.5 Å². The van der Waals surface area contributed by atoms with Crippen molar-refractivity contribution in [2.75, 3.05) is 0 Å². The summed E-state index contributed by atoms with van der Waals surface area (Å²) in [7, 11) is 0.